The highest BCUT2D eigenvalue weighted by Gasteiger charge is 2.27. The van der Waals surface area contributed by atoms with Crippen LogP contribution >= 0.6 is 0 Å². The number of anilines is 1. The smallest absolute Gasteiger partial charge is 0.241 e. The Labute approximate surface area is 115 Å². The minimum atomic E-state index is -3.47. The number of sulfonamides is 1. The van der Waals surface area contributed by atoms with Crippen molar-refractivity contribution >= 4 is 15.7 Å². The summed E-state index contributed by atoms with van der Waals surface area (Å²) in [4.78, 5) is 0.310. The summed E-state index contributed by atoms with van der Waals surface area (Å²) in [6.07, 6.45) is 2.92. The lowest BCUT2D eigenvalue weighted by atomic mass is 10.1. The lowest BCUT2D eigenvalue weighted by Crippen LogP contribution is -2.33. The number of nitrogens with two attached hydrogens (primary N) is 1. The maximum absolute atomic E-state index is 12.5. The van der Waals surface area contributed by atoms with Crippen molar-refractivity contribution in [1.29, 1.82) is 0 Å². The minimum absolute atomic E-state index is 0.0566. The molecule has 3 N–H and O–H groups in total. The molecule has 2 unspecified atom stereocenters. The second-order valence-corrected chi connectivity index (χ2v) is 7.40. The third-order valence-electron chi connectivity index (χ3n) is 3.85. The maximum Gasteiger partial charge on any atom is 0.241 e. The van der Waals surface area contributed by atoms with Crippen molar-refractivity contribution in [2.75, 3.05) is 5.73 Å². The maximum atomic E-state index is 12.5. The largest absolute Gasteiger partial charge is 0.398 e. The minimum Gasteiger partial charge on any atom is -0.398 e. The second kappa shape index (κ2) is 5.13. The first-order chi connectivity index (χ1) is 8.79. The van der Waals surface area contributed by atoms with Gasteiger partial charge in [0.2, 0.25) is 10.0 Å². The van der Waals surface area contributed by atoms with E-state index >= 15 is 0 Å². The zero-order valence-corrected chi connectivity index (χ0v) is 12.5. The first kappa shape index (κ1) is 14.3. The Balaban J connectivity index is 2.29. The molecule has 0 saturated heterocycles. The van der Waals surface area contributed by atoms with Gasteiger partial charge in [-0.3, -0.25) is 0 Å². The average molecular weight is 282 g/mol. The van der Waals surface area contributed by atoms with Crippen molar-refractivity contribution in [3.63, 3.8) is 0 Å². The predicted octanol–water partition coefficient (Wildman–Crippen LogP) is 2.35. The normalized spacial score (nSPS) is 23.7. The van der Waals surface area contributed by atoms with Crippen LogP contribution in [0, 0.1) is 19.8 Å². The summed E-state index contributed by atoms with van der Waals surface area (Å²) in [5, 5.41) is 0. The molecule has 5 heteroatoms. The summed E-state index contributed by atoms with van der Waals surface area (Å²) in [5.74, 6) is 0.594. The molecule has 4 nitrogen and oxygen atoms in total. The van der Waals surface area contributed by atoms with Crippen LogP contribution in [0.2, 0.25) is 0 Å². The third-order valence-corrected chi connectivity index (χ3v) is 5.50. The number of aryl methyl sites for hydroxylation is 1. The van der Waals surface area contributed by atoms with Crippen LogP contribution in [0.5, 0.6) is 0 Å². The topological polar surface area (TPSA) is 72.2 Å². The molecule has 1 saturated carbocycles. The van der Waals surface area contributed by atoms with Crippen molar-refractivity contribution in [3.05, 3.63) is 23.3 Å². The molecular weight excluding hydrogens is 260 g/mol. The quantitative estimate of drug-likeness (QED) is 0.836. The molecule has 19 heavy (non-hydrogen) atoms. The zero-order valence-electron chi connectivity index (χ0n) is 11.7. The van der Waals surface area contributed by atoms with Gasteiger partial charge in [-0.1, -0.05) is 6.92 Å². The fraction of sp³-hybridized carbons (Fsp3) is 0.571. The van der Waals surface area contributed by atoms with Crippen LogP contribution in [0.3, 0.4) is 0 Å². The number of benzene rings is 1. The second-order valence-electron chi connectivity index (χ2n) is 5.71. The molecule has 0 heterocycles. The lowest BCUT2D eigenvalue weighted by molar-refractivity contribution is 0.538. The molecular formula is C14H22N2O2S. The van der Waals surface area contributed by atoms with Gasteiger partial charge in [-0.05, 0) is 62.3 Å². The van der Waals surface area contributed by atoms with E-state index in [0.29, 0.717) is 22.1 Å². The highest BCUT2D eigenvalue weighted by Crippen LogP contribution is 2.28. The highest BCUT2D eigenvalue weighted by atomic mass is 32.2. The number of hydrogen-bond donors (Lipinski definition) is 2. The van der Waals surface area contributed by atoms with E-state index in [0.717, 1.165) is 24.8 Å². The van der Waals surface area contributed by atoms with Gasteiger partial charge in [0.05, 0.1) is 4.90 Å². The highest BCUT2D eigenvalue weighted by molar-refractivity contribution is 7.89. The monoisotopic (exact) mass is 282 g/mol. The number of nitrogen functional groups attached to an aromatic ring is 1. The summed E-state index contributed by atoms with van der Waals surface area (Å²) in [5.41, 5.74) is 7.88. The van der Waals surface area contributed by atoms with Crippen molar-refractivity contribution in [3.8, 4) is 0 Å². The first-order valence-electron chi connectivity index (χ1n) is 6.68. The Kier molecular flexibility index (Phi) is 3.87. The van der Waals surface area contributed by atoms with Gasteiger partial charge in [0.25, 0.3) is 0 Å². The predicted molar refractivity (Wildman–Crippen MR) is 77.5 cm³/mol. The molecule has 0 spiro atoms. The Hall–Kier alpha value is -1.07. The van der Waals surface area contributed by atoms with Gasteiger partial charge in [-0.2, -0.15) is 0 Å². The number of hydrogen-bond acceptors (Lipinski definition) is 3. The fourth-order valence-electron chi connectivity index (χ4n) is 2.73. The average Bonchev–Trinajstić information content (AvgIpc) is 2.68. The van der Waals surface area contributed by atoms with Crippen LogP contribution in [0.4, 0.5) is 5.69 Å². The number of rotatable bonds is 3. The van der Waals surface area contributed by atoms with E-state index in [2.05, 4.69) is 11.6 Å². The van der Waals surface area contributed by atoms with Crippen LogP contribution < -0.4 is 10.5 Å². The van der Waals surface area contributed by atoms with Gasteiger partial charge in [-0.15, -0.1) is 0 Å². The molecule has 0 aromatic heterocycles. The van der Waals surface area contributed by atoms with E-state index in [-0.39, 0.29) is 6.04 Å². The molecule has 1 fully saturated rings. The summed E-state index contributed by atoms with van der Waals surface area (Å²) < 4.78 is 27.7. The van der Waals surface area contributed by atoms with Gasteiger partial charge in [-0.25, -0.2) is 13.1 Å². The molecule has 1 aromatic carbocycles. The standard InChI is InChI=1S/C14H22N2O2S/c1-9-4-5-12(6-9)16-19(17,18)14-8-10(2)7-13(15)11(14)3/h7-9,12,16H,4-6,15H2,1-3H3. The van der Waals surface area contributed by atoms with Crippen molar-refractivity contribution in [2.45, 2.75) is 51.0 Å². The molecule has 0 amide bonds. The number of nitrogens with one attached hydrogen (secondary N) is 1. The Bertz CT molecular complexity index is 581. The van der Waals surface area contributed by atoms with E-state index < -0.39 is 10.0 Å². The van der Waals surface area contributed by atoms with Crippen LogP contribution in [0.15, 0.2) is 17.0 Å². The summed E-state index contributed by atoms with van der Waals surface area (Å²) >= 11 is 0. The van der Waals surface area contributed by atoms with Gasteiger partial charge in [0.1, 0.15) is 0 Å². The summed E-state index contributed by atoms with van der Waals surface area (Å²) in [7, 11) is -3.47. The Morgan fingerprint density at radius 2 is 1.95 bits per heavy atom. The van der Waals surface area contributed by atoms with E-state index in [1.165, 1.54) is 0 Å². The lowest BCUT2D eigenvalue weighted by Gasteiger charge is -2.16. The van der Waals surface area contributed by atoms with E-state index in [1.54, 1.807) is 19.1 Å². The molecule has 2 rings (SSSR count). The first-order valence-corrected chi connectivity index (χ1v) is 8.17. The van der Waals surface area contributed by atoms with Crippen LogP contribution in [-0.4, -0.2) is 14.5 Å². The van der Waals surface area contributed by atoms with Gasteiger partial charge >= 0.3 is 0 Å². The Morgan fingerprint density at radius 3 is 2.53 bits per heavy atom. The zero-order chi connectivity index (χ0) is 14.2. The van der Waals surface area contributed by atoms with E-state index in [9.17, 15) is 8.42 Å². The van der Waals surface area contributed by atoms with Crippen molar-refractivity contribution < 1.29 is 8.42 Å². The van der Waals surface area contributed by atoms with Crippen LogP contribution in [0.25, 0.3) is 0 Å². The summed E-state index contributed by atoms with van der Waals surface area (Å²) in [6, 6.07) is 3.54. The Morgan fingerprint density at radius 1 is 1.26 bits per heavy atom. The summed E-state index contributed by atoms with van der Waals surface area (Å²) in [6.45, 7) is 5.76. The molecule has 1 aliphatic rings. The fourth-order valence-corrected chi connectivity index (χ4v) is 4.37. The molecule has 0 radical (unpaired) electrons. The SMILES string of the molecule is Cc1cc(N)c(C)c(S(=O)(=O)NC2CCC(C)C2)c1. The van der Waals surface area contributed by atoms with E-state index in [1.807, 2.05) is 6.92 Å². The van der Waals surface area contributed by atoms with Gasteiger partial charge in [0.15, 0.2) is 0 Å². The van der Waals surface area contributed by atoms with Crippen molar-refractivity contribution in [1.82, 2.24) is 4.72 Å². The van der Waals surface area contributed by atoms with Crippen LogP contribution in [0.1, 0.15) is 37.3 Å². The molecule has 2 atom stereocenters. The molecule has 1 aromatic rings. The molecule has 0 bridgehead atoms. The van der Waals surface area contributed by atoms with Crippen molar-refractivity contribution in [2.24, 2.45) is 5.92 Å². The molecule has 1 aliphatic carbocycles. The van der Waals surface area contributed by atoms with Gasteiger partial charge < -0.3 is 5.73 Å². The van der Waals surface area contributed by atoms with Gasteiger partial charge in [0, 0.05) is 11.7 Å². The van der Waals surface area contributed by atoms with Crippen LogP contribution in [-0.2, 0) is 10.0 Å². The van der Waals surface area contributed by atoms with E-state index in [4.69, 9.17) is 5.73 Å². The molecule has 106 valence electrons. The molecule has 0 aliphatic heterocycles. The third kappa shape index (κ3) is 3.09.